The Hall–Kier alpha value is 1.25. The molecule has 0 heterocycles. The van der Waals surface area contributed by atoms with E-state index in [1.165, 1.54) is 37.4 Å². The van der Waals surface area contributed by atoms with Crippen LogP contribution in [0.5, 0.6) is 0 Å². The summed E-state index contributed by atoms with van der Waals surface area (Å²) in [5.74, 6) is 0. The minimum Gasteiger partial charge on any atom is -0.0928 e. The molecule has 0 radical (unpaired) electrons. The molecule has 0 unspecified atom stereocenters. The van der Waals surface area contributed by atoms with Gasteiger partial charge in [0.25, 0.3) is 0 Å². The van der Waals surface area contributed by atoms with Gasteiger partial charge in [0.2, 0.25) is 0 Å². The van der Waals surface area contributed by atoms with Gasteiger partial charge in [0.1, 0.15) is 0 Å². The lowest BCUT2D eigenvalue weighted by Gasteiger charge is -1.93. The molecule has 0 nitrogen and oxygen atoms in total. The van der Waals surface area contributed by atoms with E-state index in [1.54, 1.807) is 0 Å². The molecule has 0 N–H and O–H groups in total. The summed E-state index contributed by atoms with van der Waals surface area (Å²) >= 11 is 3.40. The van der Waals surface area contributed by atoms with Gasteiger partial charge in [0.15, 0.2) is 0 Å². The van der Waals surface area contributed by atoms with Crippen molar-refractivity contribution in [3.05, 3.63) is 0 Å². The molecule has 0 atom stereocenters. The second-order valence-corrected chi connectivity index (χ2v) is 2.90. The van der Waals surface area contributed by atoms with Crippen molar-refractivity contribution in [1.82, 2.24) is 0 Å². The summed E-state index contributed by atoms with van der Waals surface area (Å²) in [6.07, 6.45) is 6.93. The van der Waals surface area contributed by atoms with E-state index in [0.717, 1.165) is 0 Å². The van der Waals surface area contributed by atoms with Crippen LogP contribution in [0.2, 0.25) is 0 Å². The molecular formula is C7H17BrMg. The molecule has 54 valence electrons. The van der Waals surface area contributed by atoms with E-state index in [9.17, 15) is 0 Å². The predicted octanol–water partition coefficient (Wildman–Crippen LogP) is 2.44. The number of alkyl halides is 1. The first-order chi connectivity index (χ1) is 3.91. The fraction of sp³-hybridized carbons (Fsp3) is 1.00. The van der Waals surface area contributed by atoms with E-state index < -0.39 is 0 Å². The van der Waals surface area contributed by atoms with Crippen LogP contribution in [0.3, 0.4) is 0 Å². The standard InChI is InChI=1S/C7H15Br.Mg.2H/c1-2-3-4-5-6-7-8;;;/h2-7H2,1H3;;;. The van der Waals surface area contributed by atoms with Gasteiger partial charge in [0, 0.05) is 5.33 Å². The summed E-state index contributed by atoms with van der Waals surface area (Å²) in [5, 5.41) is 1.18. The molecule has 0 saturated carbocycles. The van der Waals surface area contributed by atoms with E-state index in [1.807, 2.05) is 0 Å². The normalized spacial score (nSPS) is 8.67. The summed E-state index contributed by atoms with van der Waals surface area (Å²) in [6, 6.07) is 0. The molecular weight excluding hydrogens is 188 g/mol. The van der Waals surface area contributed by atoms with Gasteiger partial charge < -0.3 is 0 Å². The minimum absolute atomic E-state index is 0. The molecule has 0 rings (SSSR count). The van der Waals surface area contributed by atoms with Gasteiger partial charge in [-0.3, -0.25) is 0 Å². The smallest absolute Gasteiger partial charge is 0.0928 e. The molecule has 0 aromatic heterocycles. The van der Waals surface area contributed by atoms with Crippen LogP contribution in [0.1, 0.15) is 39.0 Å². The lowest BCUT2D eigenvalue weighted by atomic mass is 10.2. The van der Waals surface area contributed by atoms with Crippen molar-refractivity contribution in [3.8, 4) is 0 Å². The Morgan fingerprint density at radius 3 is 2.00 bits per heavy atom. The van der Waals surface area contributed by atoms with Crippen molar-refractivity contribution in [3.63, 3.8) is 0 Å². The zero-order valence-electron chi connectivity index (χ0n) is 5.62. The third kappa shape index (κ3) is 12.4. The number of unbranched alkanes of at least 4 members (excludes halogenated alkanes) is 4. The van der Waals surface area contributed by atoms with Crippen molar-refractivity contribution >= 4 is 39.0 Å². The molecule has 0 fully saturated rings. The number of halogens is 1. The Bertz CT molecular complexity index is 33.9. The Morgan fingerprint density at radius 2 is 1.56 bits per heavy atom. The Balaban J connectivity index is 0. The largest absolute Gasteiger partial charge is 0.316 e. The molecule has 0 bridgehead atoms. The Morgan fingerprint density at radius 1 is 1.00 bits per heavy atom. The van der Waals surface area contributed by atoms with Crippen molar-refractivity contribution in [1.29, 1.82) is 0 Å². The van der Waals surface area contributed by atoms with Crippen LogP contribution in [0.4, 0.5) is 0 Å². The first-order valence-electron chi connectivity index (χ1n) is 3.47. The molecule has 0 aromatic rings. The van der Waals surface area contributed by atoms with Crippen LogP contribution < -0.4 is 0 Å². The highest BCUT2D eigenvalue weighted by Crippen LogP contribution is 2.03. The minimum atomic E-state index is 0. The van der Waals surface area contributed by atoms with Gasteiger partial charge >= 0.3 is 23.1 Å². The topological polar surface area (TPSA) is 0 Å². The molecule has 9 heavy (non-hydrogen) atoms. The lowest BCUT2D eigenvalue weighted by Crippen LogP contribution is -1.76. The zero-order chi connectivity index (χ0) is 6.24. The molecule has 0 aliphatic carbocycles. The summed E-state index contributed by atoms with van der Waals surface area (Å²) in [4.78, 5) is 0. The van der Waals surface area contributed by atoms with Crippen LogP contribution in [-0.2, 0) is 0 Å². The van der Waals surface area contributed by atoms with Gasteiger partial charge in [-0.25, -0.2) is 0 Å². The van der Waals surface area contributed by atoms with Gasteiger partial charge in [-0.05, 0) is 6.42 Å². The highest BCUT2D eigenvalue weighted by atomic mass is 79.9. The Labute approximate surface area is 83.1 Å². The molecule has 0 aliphatic rings. The summed E-state index contributed by atoms with van der Waals surface area (Å²) in [6.45, 7) is 2.24. The maximum Gasteiger partial charge on any atom is 0.316 e. The molecule has 0 amide bonds. The fourth-order valence-electron chi connectivity index (χ4n) is 0.698. The van der Waals surface area contributed by atoms with Gasteiger partial charge in [-0.2, -0.15) is 0 Å². The first kappa shape index (κ1) is 12.9. The highest BCUT2D eigenvalue weighted by molar-refractivity contribution is 9.09. The zero-order valence-corrected chi connectivity index (χ0v) is 7.21. The molecule has 0 aliphatic heterocycles. The average molecular weight is 205 g/mol. The van der Waals surface area contributed by atoms with Crippen molar-refractivity contribution in [2.45, 2.75) is 39.0 Å². The SMILES string of the molecule is CCCCCCCBr.[MgH2]. The summed E-state index contributed by atoms with van der Waals surface area (Å²) in [5.41, 5.74) is 0. The average Bonchev–Trinajstić information content (AvgIpc) is 1.81. The number of hydrogen-bond donors (Lipinski definition) is 0. The second kappa shape index (κ2) is 12.0. The van der Waals surface area contributed by atoms with Crippen molar-refractivity contribution in [2.75, 3.05) is 5.33 Å². The van der Waals surface area contributed by atoms with E-state index in [0.29, 0.717) is 0 Å². The second-order valence-electron chi connectivity index (χ2n) is 2.10. The Kier molecular flexibility index (Phi) is 17.1. The van der Waals surface area contributed by atoms with Crippen LogP contribution in [0.15, 0.2) is 0 Å². The molecule has 2 heteroatoms. The molecule has 0 saturated heterocycles. The summed E-state index contributed by atoms with van der Waals surface area (Å²) in [7, 11) is 0. The maximum absolute atomic E-state index is 3.40. The van der Waals surface area contributed by atoms with E-state index in [4.69, 9.17) is 0 Å². The van der Waals surface area contributed by atoms with E-state index >= 15 is 0 Å². The van der Waals surface area contributed by atoms with Gasteiger partial charge in [-0.1, -0.05) is 48.5 Å². The van der Waals surface area contributed by atoms with Crippen molar-refractivity contribution in [2.24, 2.45) is 0 Å². The van der Waals surface area contributed by atoms with Gasteiger partial charge in [-0.15, -0.1) is 0 Å². The quantitative estimate of drug-likeness (QED) is 0.367. The lowest BCUT2D eigenvalue weighted by molar-refractivity contribution is 0.660. The van der Waals surface area contributed by atoms with Gasteiger partial charge in [0.05, 0.1) is 0 Å². The monoisotopic (exact) mass is 204 g/mol. The predicted molar refractivity (Wildman–Crippen MR) is 51.1 cm³/mol. The van der Waals surface area contributed by atoms with Crippen LogP contribution in [-0.4, -0.2) is 28.4 Å². The van der Waals surface area contributed by atoms with E-state index in [-0.39, 0.29) is 23.1 Å². The third-order valence-electron chi connectivity index (χ3n) is 1.24. The van der Waals surface area contributed by atoms with Crippen molar-refractivity contribution < 1.29 is 0 Å². The maximum atomic E-state index is 3.40. The first-order valence-corrected chi connectivity index (χ1v) is 4.60. The van der Waals surface area contributed by atoms with E-state index in [2.05, 4.69) is 22.9 Å². The summed E-state index contributed by atoms with van der Waals surface area (Å²) < 4.78 is 0. The third-order valence-corrected chi connectivity index (χ3v) is 1.80. The van der Waals surface area contributed by atoms with Crippen LogP contribution >= 0.6 is 15.9 Å². The number of rotatable bonds is 5. The highest BCUT2D eigenvalue weighted by Gasteiger charge is 1.84. The van der Waals surface area contributed by atoms with Crippen LogP contribution in [0.25, 0.3) is 0 Å². The molecule has 0 aromatic carbocycles. The van der Waals surface area contributed by atoms with Crippen LogP contribution in [0, 0.1) is 0 Å². The number of hydrogen-bond acceptors (Lipinski definition) is 0. The fourth-order valence-corrected chi connectivity index (χ4v) is 1.09. The molecule has 0 spiro atoms.